The van der Waals surface area contributed by atoms with Crippen LogP contribution in [0, 0.1) is 6.92 Å². The van der Waals surface area contributed by atoms with Gasteiger partial charge in [-0.15, -0.1) is 0 Å². The third kappa shape index (κ3) is 3.31. The highest BCUT2D eigenvalue weighted by atomic mass is 16.2. The first-order valence-electron chi connectivity index (χ1n) is 10.0. The molecule has 5 rings (SSSR count). The molecule has 2 aliphatic rings. The minimum atomic E-state index is -0.153. The van der Waals surface area contributed by atoms with Crippen molar-refractivity contribution in [3.05, 3.63) is 66.5 Å². The number of amides is 2. The number of aryl methyl sites for hydroxylation is 1. The van der Waals surface area contributed by atoms with Crippen molar-refractivity contribution in [1.29, 1.82) is 0 Å². The normalized spacial score (nSPS) is 17.6. The lowest BCUT2D eigenvalue weighted by molar-refractivity contribution is 0.252. The second kappa shape index (κ2) is 7.20. The molecule has 6 heteroatoms. The number of carbonyl (C=O) groups excluding carboxylic acids is 1. The van der Waals surface area contributed by atoms with E-state index >= 15 is 0 Å². The molecule has 2 aliphatic heterocycles. The number of pyridine rings is 2. The molecular weight excluding hydrogens is 362 g/mol. The Bertz CT molecular complexity index is 1050. The van der Waals surface area contributed by atoms with Gasteiger partial charge in [0.2, 0.25) is 0 Å². The number of carbonyl (C=O) groups is 1. The van der Waals surface area contributed by atoms with Crippen LogP contribution in [-0.4, -0.2) is 35.1 Å². The van der Waals surface area contributed by atoms with Gasteiger partial charge in [0, 0.05) is 24.8 Å². The Balaban J connectivity index is 1.56. The fraction of sp³-hybridized carbons (Fsp3) is 0.261. The third-order valence-electron chi connectivity index (χ3n) is 5.63. The number of rotatable bonds is 2. The van der Waals surface area contributed by atoms with Gasteiger partial charge in [-0.2, -0.15) is 0 Å². The maximum atomic E-state index is 13.3. The van der Waals surface area contributed by atoms with Crippen LogP contribution in [-0.2, 0) is 0 Å². The first-order valence-corrected chi connectivity index (χ1v) is 10.0. The SMILES string of the molecule is Cc1cccc(-c2ccc3c(n2)N(C(=O)Nc2cccnc2)[C@H]2CCCN3C2)c1. The monoisotopic (exact) mass is 385 g/mol. The van der Waals surface area contributed by atoms with E-state index in [1.807, 2.05) is 23.1 Å². The van der Waals surface area contributed by atoms with E-state index in [1.165, 1.54) is 5.56 Å². The zero-order valence-electron chi connectivity index (χ0n) is 16.4. The van der Waals surface area contributed by atoms with Gasteiger partial charge < -0.3 is 10.2 Å². The smallest absolute Gasteiger partial charge is 0.327 e. The van der Waals surface area contributed by atoms with E-state index in [0.29, 0.717) is 5.69 Å². The third-order valence-corrected chi connectivity index (χ3v) is 5.63. The fourth-order valence-electron chi connectivity index (χ4n) is 4.27. The van der Waals surface area contributed by atoms with Crippen molar-refractivity contribution < 1.29 is 4.79 Å². The lowest BCUT2D eigenvalue weighted by Crippen LogP contribution is -2.56. The Morgan fingerprint density at radius 1 is 1.17 bits per heavy atom. The van der Waals surface area contributed by atoms with E-state index in [0.717, 1.165) is 48.7 Å². The van der Waals surface area contributed by atoms with Gasteiger partial charge in [-0.1, -0.05) is 23.8 Å². The first-order chi connectivity index (χ1) is 14.2. The largest absolute Gasteiger partial charge is 0.366 e. The second-order valence-corrected chi connectivity index (χ2v) is 7.69. The zero-order valence-corrected chi connectivity index (χ0v) is 16.4. The summed E-state index contributed by atoms with van der Waals surface area (Å²) in [5.74, 6) is 0.737. The van der Waals surface area contributed by atoms with Crippen LogP contribution in [0.5, 0.6) is 0 Å². The van der Waals surface area contributed by atoms with Crippen LogP contribution in [0.1, 0.15) is 18.4 Å². The summed E-state index contributed by atoms with van der Waals surface area (Å²) in [7, 11) is 0. The minimum absolute atomic E-state index is 0.119. The van der Waals surface area contributed by atoms with Crippen LogP contribution in [0.3, 0.4) is 0 Å². The van der Waals surface area contributed by atoms with Gasteiger partial charge in [-0.25, -0.2) is 9.78 Å². The first kappa shape index (κ1) is 17.7. The summed E-state index contributed by atoms with van der Waals surface area (Å²) < 4.78 is 0. The number of benzene rings is 1. The topological polar surface area (TPSA) is 61.4 Å². The average molecular weight is 385 g/mol. The van der Waals surface area contributed by atoms with E-state index in [2.05, 4.69) is 52.5 Å². The predicted octanol–water partition coefficient (Wildman–Crippen LogP) is 4.47. The highest BCUT2D eigenvalue weighted by Gasteiger charge is 2.38. The van der Waals surface area contributed by atoms with Crippen molar-refractivity contribution in [2.75, 3.05) is 28.2 Å². The average Bonchev–Trinajstić information content (AvgIpc) is 2.74. The van der Waals surface area contributed by atoms with Crippen molar-refractivity contribution in [3.8, 4) is 11.3 Å². The van der Waals surface area contributed by atoms with Gasteiger partial charge in [0.1, 0.15) is 0 Å². The second-order valence-electron chi connectivity index (χ2n) is 7.69. The molecule has 3 aromatic rings. The number of aromatic nitrogens is 2. The molecule has 2 bridgehead atoms. The molecule has 0 radical (unpaired) electrons. The number of piperidine rings is 1. The number of hydrogen-bond acceptors (Lipinski definition) is 4. The molecule has 1 fully saturated rings. The molecule has 6 nitrogen and oxygen atoms in total. The quantitative estimate of drug-likeness (QED) is 0.707. The Morgan fingerprint density at radius 2 is 2.10 bits per heavy atom. The molecule has 0 aliphatic carbocycles. The Labute approximate surface area is 170 Å². The standard InChI is InChI=1S/C23H23N5O/c1-16-5-2-6-17(13-16)20-9-10-21-22(26-20)28(19-8-4-12-27(21)15-19)23(29)25-18-7-3-11-24-14-18/h2-3,5-7,9-11,13-14,19H,4,8,12,15H2,1H3,(H,25,29)/t19-/m0/s1. The highest BCUT2D eigenvalue weighted by Crippen LogP contribution is 2.39. The van der Waals surface area contributed by atoms with E-state index in [9.17, 15) is 4.79 Å². The zero-order chi connectivity index (χ0) is 19.8. The molecule has 4 heterocycles. The number of hydrogen-bond donors (Lipinski definition) is 1. The van der Waals surface area contributed by atoms with Crippen molar-refractivity contribution in [3.63, 3.8) is 0 Å². The maximum absolute atomic E-state index is 13.3. The van der Waals surface area contributed by atoms with E-state index in [4.69, 9.17) is 4.98 Å². The molecule has 0 unspecified atom stereocenters. The molecule has 29 heavy (non-hydrogen) atoms. The van der Waals surface area contributed by atoms with Crippen molar-refractivity contribution in [1.82, 2.24) is 9.97 Å². The molecule has 0 spiro atoms. The number of nitrogens with zero attached hydrogens (tertiary/aromatic N) is 4. The molecule has 2 amide bonds. The Morgan fingerprint density at radius 3 is 2.93 bits per heavy atom. The van der Waals surface area contributed by atoms with Gasteiger partial charge in [-0.3, -0.25) is 9.88 Å². The lowest BCUT2D eigenvalue weighted by Gasteiger charge is -2.45. The van der Waals surface area contributed by atoms with Crippen LogP contribution < -0.4 is 15.1 Å². The molecule has 1 saturated heterocycles. The van der Waals surface area contributed by atoms with E-state index in [1.54, 1.807) is 12.4 Å². The van der Waals surface area contributed by atoms with Crippen molar-refractivity contribution in [2.45, 2.75) is 25.8 Å². The summed E-state index contributed by atoms with van der Waals surface area (Å²) >= 11 is 0. The van der Waals surface area contributed by atoms with Crippen molar-refractivity contribution >= 4 is 23.2 Å². The number of nitrogens with one attached hydrogen (secondary N) is 1. The maximum Gasteiger partial charge on any atom is 0.327 e. The summed E-state index contributed by atoms with van der Waals surface area (Å²) in [4.78, 5) is 26.5. The summed E-state index contributed by atoms with van der Waals surface area (Å²) in [5, 5.41) is 2.99. The van der Waals surface area contributed by atoms with E-state index in [-0.39, 0.29) is 12.1 Å². The molecule has 1 N–H and O–H groups in total. The van der Waals surface area contributed by atoms with Gasteiger partial charge in [0.05, 0.1) is 29.3 Å². The molecule has 0 saturated carbocycles. The fourth-order valence-corrected chi connectivity index (χ4v) is 4.27. The highest BCUT2D eigenvalue weighted by molar-refractivity contribution is 6.04. The van der Waals surface area contributed by atoms with Crippen LogP contribution >= 0.6 is 0 Å². The molecule has 1 atom stereocenters. The lowest BCUT2D eigenvalue weighted by atomic mass is 9.99. The molecule has 1 aromatic carbocycles. The van der Waals surface area contributed by atoms with Gasteiger partial charge in [0.15, 0.2) is 5.82 Å². The molecule has 146 valence electrons. The summed E-state index contributed by atoms with van der Waals surface area (Å²) in [6.45, 7) is 3.93. The summed E-state index contributed by atoms with van der Waals surface area (Å²) in [5.41, 5.74) is 4.85. The van der Waals surface area contributed by atoms with Crippen LogP contribution in [0.4, 0.5) is 22.0 Å². The van der Waals surface area contributed by atoms with Crippen LogP contribution in [0.25, 0.3) is 11.3 Å². The summed E-state index contributed by atoms with van der Waals surface area (Å²) in [6, 6.07) is 16.1. The van der Waals surface area contributed by atoms with Gasteiger partial charge in [0.25, 0.3) is 0 Å². The van der Waals surface area contributed by atoms with Gasteiger partial charge in [-0.05, 0) is 50.1 Å². The molecule has 2 aromatic heterocycles. The number of fused-ring (bicyclic) bond motifs is 4. The number of anilines is 3. The number of urea groups is 1. The van der Waals surface area contributed by atoms with Crippen LogP contribution in [0.2, 0.25) is 0 Å². The molecular formula is C23H23N5O. The van der Waals surface area contributed by atoms with Gasteiger partial charge >= 0.3 is 6.03 Å². The van der Waals surface area contributed by atoms with Crippen molar-refractivity contribution in [2.24, 2.45) is 0 Å². The van der Waals surface area contributed by atoms with Crippen LogP contribution in [0.15, 0.2) is 60.9 Å². The summed E-state index contributed by atoms with van der Waals surface area (Å²) in [6.07, 6.45) is 5.40. The minimum Gasteiger partial charge on any atom is -0.366 e. The predicted molar refractivity (Wildman–Crippen MR) is 115 cm³/mol. The Hall–Kier alpha value is -3.41. The van der Waals surface area contributed by atoms with E-state index < -0.39 is 0 Å². The Kier molecular flexibility index (Phi) is 4.39.